The Morgan fingerprint density at radius 1 is 1.36 bits per heavy atom. The number of carbonyl (C=O) groups is 1. The van der Waals surface area contributed by atoms with Gasteiger partial charge in [0, 0.05) is 36.2 Å². The Bertz CT molecular complexity index is 581. The van der Waals surface area contributed by atoms with Crippen LogP contribution in [0.15, 0.2) is 28.7 Å². The molecule has 25 heavy (non-hydrogen) atoms. The summed E-state index contributed by atoms with van der Waals surface area (Å²) in [5, 5.41) is 6.41. The van der Waals surface area contributed by atoms with Crippen molar-refractivity contribution in [1.29, 1.82) is 0 Å². The Labute approximate surface area is 163 Å². The van der Waals surface area contributed by atoms with Crippen LogP contribution in [-0.4, -0.2) is 51.0 Å². The van der Waals surface area contributed by atoms with Crippen molar-refractivity contribution in [3.05, 3.63) is 34.3 Å². The van der Waals surface area contributed by atoms with E-state index in [2.05, 4.69) is 44.8 Å². The molecule has 1 aromatic rings. The summed E-state index contributed by atoms with van der Waals surface area (Å²) < 4.78 is 12.2. The Balaban J connectivity index is 0.00000225. The molecule has 3 rings (SSSR count). The van der Waals surface area contributed by atoms with E-state index in [1.807, 2.05) is 13.0 Å². The van der Waals surface area contributed by atoms with Gasteiger partial charge in [0.05, 0.1) is 12.7 Å². The molecule has 2 atom stereocenters. The van der Waals surface area contributed by atoms with Crippen LogP contribution >= 0.6 is 28.3 Å². The SMILES string of the molecule is C[C@H]1OCCN[C@@H]1C(=O)NCC1(c2cccc(Br)c2)CCOCC1.Cl. The van der Waals surface area contributed by atoms with Gasteiger partial charge in [-0.05, 0) is 37.5 Å². The van der Waals surface area contributed by atoms with E-state index in [0.717, 1.165) is 30.5 Å². The van der Waals surface area contributed by atoms with E-state index in [4.69, 9.17) is 9.47 Å². The van der Waals surface area contributed by atoms with Crippen molar-refractivity contribution in [2.24, 2.45) is 0 Å². The van der Waals surface area contributed by atoms with Gasteiger partial charge in [-0.15, -0.1) is 12.4 Å². The summed E-state index contributed by atoms with van der Waals surface area (Å²) in [6.07, 6.45) is 1.72. The standard InChI is InChI=1S/C18H25BrN2O3.ClH/c1-13-16(20-7-10-24-13)17(22)21-12-18(5-8-23-9-6-18)14-3-2-4-15(19)11-14;/h2-4,11,13,16,20H,5-10,12H2,1H3,(H,21,22);1H/t13-,16+;/m1./s1. The third-order valence-electron chi connectivity index (χ3n) is 5.09. The summed E-state index contributed by atoms with van der Waals surface area (Å²) >= 11 is 3.56. The molecule has 2 aliphatic heterocycles. The number of benzene rings is 1. The van der Waals surface area contributed by atoms with Crippen LogP contribution in [0.25, 0.3) is 0 Å². The molecule has 0 spiro atoms. The average Bonchev–Trinajstić information content (AvgIpc) is 2.61. The van der Waals surface area contributed by atoms with Crippen LogP contribution in [0.2, 0.25) is 0 Å². The lowest BCUT2D eigenvalue weighted by atomic mass is 9.74. The van der Waals surface area contributed by atoms with Gasteiger partial charge in [0.1, 0.15) is 6.04 Å². The number of nitrogens with one attached hydrogen (secondary N) is 2. The topological polar surface area (TPSA) is 59.6 Å². The summed E-state index contributed by atoms with van der Waals surface area (Å²) in [6.45, 7) is 5.38. The van der Waals surface area contributed by atoms with Crippen molar-refractivity contribution in [3.63, 3.8) is 0 Å². The monoisotopic (exact) mass is 432 g/mol. The highest BCUT2D eigenvalue weighted by Gasteiger charge is 2.36. The molecule has 0 aliphatic carbocycles. The normalized spacial score (nSPS) is 25.7. The summed E-state index contributed by atoms with van der Waals surface area (Å²) in [5.74, 6) is 0.0167. The smallest absolute Gasteiger partial charge is 0.239 e. The quantitative estimate of drug-likeness (QED) is 0.765. The van der Waals surface area contributed by atoms with Gasteiger partial charge in [0.15, 0.2) is 0 Å². The highest BCUT2D eigenvalue weighted by Crippen LogP contribution is 2.35. The van der Waals surface area contributed by atoms with Crippen LogP contribution < -0.4 is 10.6 Å². The molecule has 2 fully saturated rings. The Morgan fingerprint density at radius 2 is 2.12 bits per heavy atom. The van der Waals surface area contributed by atoms with Crippen molar-refractivity contribution >= 4 is 34.2 Å². The second kappa shape index (κ2) is 9.33. The molecule has 1 amide bonds. The van der Waals surface area contributed by atoms with Crippen LogP contribution in [0.5, 0.6) is 0 Å². The number of hydrogen-bond donors (Lipinski definition) is 2. The molecule has 2 N–H and O–H groups in total. The van der Waals surface area contributed by atoms with Gasteiger partial charge in [-0.1, -0.05) is 28.1 Å². The molecule has 0 radical (unpaired) electrons. The fourth-order valence-electron chi connectivity index (χ4n) is 3.54. The molecule has 0 unspecified atom stereocenters. The highest BCUT2D eigenvalue weighted by molar-refractivity contribution is 9.10. The molecular formula is C18H26BrClN2O3. The third-order valence-corrected chi connectivity index (χ3v) is 5.58. The van der Waals surface area contributed by atoms with Crippen molar-refractivity contribution in [2.75, 3.05) is 32.9 Å². The van der Waals surface area contributed by atoms with Gasteiger partial charge in [-0.3, -0.25) is 4.79 Å². The van der Waals surface area contributed by atoms with E-state index < -0.39 is 0 Å². The first-order valence-electron chi connectivity index (χ1n) is 8.57. The van der Waals surface area contributed by atoms with Crippen LogP contribution in [0.1, 0.15) is 25.3 Å². The summed E-state index contributed by atoms with van der Waals surface area (Å²) in [6, 6.07) is 8.10. The fourth-order valence-corrected chi connectivity index (χ4v) is 3.94. The zero-order valence-electron chi connectivity index (χ0n) is 14.4. The maximum Gasteiger partial charge on any atom is 0.239 e. The zero-order chi connectivity index (χ0) is 17.0. The average molecular weight is 434 g/mol. The van der Waals surface area contributed by atoms with Crippen LogP contribution in [0.3, 0.4) is 0 Å². The maximum absolute atomic E-state index is 12.6. The molecule has 1 aromatic carbocycles. The first-order valence-corrected chi connectivity index (χ1v) is 9.37. The van der Waals surface area contributed by atoms with Crippen molar-refractivity contribution < 1.29 is 14.3 Å². The number of carbonyl (C=O) groups excluding carboxylic acids is 1. The van der Waals surface area contributed by atoms with Gasteiger partial charge >= 0.3 is 0 Å². The van der Waals surface area contributed by atoms with E-state index in [0.29, 0.717) is 19.7 Å². The van der Waals surface area contributed by atoms with E-state index in [1.54, 1.807) is 0 Å². The molecule has 2 saturated heterocycles. The predicted octanol–water partition coefficient (Wildman–Crippen LogP) is 2.41. The minimum Gasteiger partial charge on any atom is -0.381 e. The van der Waals surface area contributed by atoms with Crippen LogP contribution in [0.4, 0.5) is 0 Å². The molecule has 0 saturated carbocycles. The number of ether oxygens (including phenoxy) is 2. The molecule has 0 aromatic heterocycles. The predicted molar refractivity (Wildman–Crippen MR) is 103 cm³/mol. The minimum absolute atomic E-state index is 0. The van der Waals surface area contributed by atoms with E-state index in [9.17, 15) is 4.79 Å². The Kier molecular flexibility index (Phi) is 7.70. The highest BCUT2D eigenvalue weighted by atomic mass is 79.9. The Hall–Kier alpha value is -0.660. The molecule has 7 heteroatoms. The lowest BCUT2D eigenvalue weighted by Gasteiger charge is -2.39. The fraction of sp³-hybridized carbons (Fsp3) is 0.611. The number of rotatable bonds is 4. The lowest BCUT2D eigenvalue weighted by molar-refractivity contribution is -0.129. The Morgan fingerprint density at radius 3 is 2.80 bits per heavy atom. The largest absolute Gasteiger partial charge is 0.381 e. The van der Waals surface area contributed by atoms with Crippen molar-refractivity contribution in [2.45, 2.75) is 37.3 Å². The number of hydrogen-bond acceptors (Lipinski definition) is 4. The van der Waals surface area contributed by atoms with Crippen LogP contribution in [0, 0.1) is 0 Å². The lowest BCUT2D eigenvalue weighted by Crippen LogP contribution is -2.57. The molecule has 5 nitrogen and oxygen atoms in total. The van der Waals surface area contributed by atoms with E-state index in [1.165, 1.54) is 5.56 Å². The van der Waals surface area contributed by atoms with Crippen LogP contribution in [-0.2, 0) is 19.7 Å². The zero-order valence-corrected chi connectivity index (χ0v) is 16.8. The van der Waals surface area contributed by atoms with Gasteiger partial charge in [0.2, 0.25) is 5.91 Å². The first-order chi connectivity index (χ1) is 11.6. The third kappa shape index (κ3) is 4.95. The van der Waals surface area contributed by atoms with Gasteiger partial charge in [0.25, 0.3) is 0 Å². The van der Waals surface area contributed by atoms with Crippen molar-refractivity contribution in [1.82, 2.24) is 10.6 Å². The number of halogens is 2. The summed E-state index contributed by atoms with van der Waals surface area (Å²) in [4.78, 5) is 12.6. The number of morpholine rings is 1. The van der Waals surface area contributed by atoms with Gasteiger partial charge in [-0.25, -0.2) is 0 Å². The number of amides is 1. The second-order valence-electron chi connectivity index (χ2n) is 6.63. The summed E-state index contributed by atoms with van der Waals surface area (Å²) in [7, 11) is 0. The molecule has 2 aliphatic rings. The second-order valence-corrected chi connectivity index (χ2v) is 7.54. The maximum atomic E-state index is 12.6. The minimum atomic E-state index is -0.279. The van der Waals surface area contributed by atoms with Crippen molar-refractivity contribution in [3.8, 4) is 0 Å². The molecule has 140 valence electrons. The first kappa shape index (κ1) is 20.6. The van der Waals surface area contributed by atoms with E-state index in [-0.39, 0.29) is 35.9 Å². The summed E-state index contributed by atoms with van der Waals surface area (Å²) in [5.41, 5.74) is 1.18. The molecule has 2 heterocycles. The van der Waals surface area contributed by atoms with Gasteiger partial charge in [-0.2, -0.15) is 0 Å². The van der Waals surface area contributed by atoms with E-state index >= 15 is 0 Å². The van der Waals surface area contributed by atoms with Gasteiger partial charge < -0.3 is 20.1 Å². The molecular weight excluding hydrogens is 408 g/mol. The molecule has 0 bridgehead atoms.